The average Bonchev–Trinajstić information content (AvgIpc) is 2.14. The lowest BCUT2D eigenvalue weighted by Crippen LogP contribution is -2.11. The van der Waals surface area contributed by atoms with E-state index in [9.17, 15) is 4.39 Å². The fraction of sp³-hybridized carbons (Fsp3) is 0.455. The normalized spacial score (nSPS) is 13.2. The predicted octanol–water partition coefficient (Wildman–Crippen LogP) is 2.97. The first-order valence-electron chi connectivity index (χ1n) is 4.74. The molecule has 14 heavy (non-hydrogen) atoms. The summed E-state index contributed by atoms with van der Waals surface area (Å²) < 4.78 is 13.0. The molecule has 0 spiro atoms. The largest absolute Gasteiger partial charge is 0.329 e. The smallest absolute Gasteiger partial charge is 0.123 e. The van der Waals surface area contributed by atoms with E-state index in [-0.39, 0.29) is 11.1 Å². The molecule has 0 radical (unpaired) electrons. The third-order valence-corrected chi connectivity index (χ3v) is 3.21. The summed E-state index contributed by atoms with van der Waals surface area (Å²) in [6.45, 7) is 4.78. The number of rotatable bonds is 4. The Morgan fingerprint density at radius 1 is 1.43 bits per heavy atom. The molecule has 78 valence electrons. The molecule has 0 aliphatic rings. The van der Waals surface area contributed by atoms with Crippen LogP contribution >= 0.6 is 11.8 Å². The van der Waals surface area contributed by atoms with Crippen molar-refractivity contribution in [3.8, 4) is 0 Å². The summed E-state index contributed by atoms with van der Waals surface area (Å²) in [5, 5.41) is 0.706. The number of nitrogens with two attached hydrogens (primary N) is 1. The molecule has 1 atom stereocenters. The maximum atomic E-state index is 13.0. The molecule has 0 aliphatic heterocycles. The van der Waals surface area contributed by atoms with Gasteiger partial charge in [-0.05, 0) is 22.9 Å². The Kier molecular flexibility index (Phi) is 4.42. The molecule has 0 bridgehead atoms. The number of halogens is 1. The number of benzene rings is 1. The minimum absolute atomic E-state index is 0.190. The second-order valence-corrected chi connectivity index (χ2v) is 5.25. The van der Waals surface area contributed by atoms with Gasteiger partial charge in [0.1, 0.15) is 5.82 Å². The lowest BCUT2D eigenvalue weighted by molar-refractivity contribution is 0.625. The van der Waals surface area contributed by atoms with E-state index in [2.05, 4.69) is 13.8 Å². The van der Waals surface area contributed by atoms with Crippen LogP contribution in [0.25, 0.3) is 0 Å². The first-order chi connectivity index (χ1) is 6.63. The van der Waals surface area contributed by atoms with E-state index in [0.29, 0.717) is 11.8 Å². The number of hydrogen-bond acceptors (Lipinski definition) is 2. The molecule has 3 heteroatoms. The molecule has 0 aliphatic carbocycles. The topological polar surface area (TPSA) is 26.0 Å². The molecule has 1 aromatic carbocycles. The van der Waals surface area contributed by atoms with Crippen LogP contribution in [0.3, 0.4) is 0 Å². The molecule has 0 heterocycles. The second-order valence-electron chi connectivity index (χ2n) is 3.46. The molecule has 0 saturated heterocycles. The van der Waals surface area contributed by atoms with Gasteiger partial charge >= 0.3 is 0 Å². The van der Waals surface area contributed by atoms with Gasteiger partial charge in [-0.2, -0.15) is 0 Å². The minimum atomic E-state index is -0.190. The predicted molar refractivity (Wildman–Crippen MR) is 60.9 cm³/mol. The van der Waals surface area contributed by atoms with Crippen LogP contribution in [0.15, 0.2) is 24.3 Å². The van der Waals surface area contributed by atoms with Gasteiger partial charge in [0, 0.05) is 11.8 Å². The number of thioether (sulfide) groups is 1. The highest BCUT2D eigenvalue weighted by Gasteiger charge is 2.12. The van der Waals surface area contributed by atoms with Crippen molar-refractivity contribution in [2.45, 2.75) is 24.3 Å². The van der Waals surface area contributed by atoms with Gasteiger partial charge in [0.25, 0.3) is 0 Å². The molecule has 2 N–H and O–H groups in total. The van der Waals surface area contributed by atoms with Crippen LogP contribution in [0.5, 0.6) is 0 Å². The Bertz CT molecular complexity index is 288. The highest BCUT2D eigenvalue weighted by atomic mass is 32.2. The first-order valence-corrected chi connectivity index (χ1v) is 5.68. The van der Waals surface area contributed by atoms with Crippen LogP contribution in [0, 0.1) is 5.82 Å². The summed E-state index contributed by atoms with van der Waals surface area (Å²) in [5.41, 5.74) is 6.64. The molecule has 0 saturated carbocycles. The van der Waals surface area contributed by atoms with Crippen LogP contribution in [-0.2, 0) is 0 Å². The maximum Gasteiger partial charge on any atom is 0.123 e. The van der Waals surface area contributed by atoms with E-state index in [1.807, 2.05) is 6.07 Å². The van der Waals surface area contributed by atoms with Gasteiger partial charge in [-0.15, -0.1) is 11.8 Å². The molecule has 1 aromatic rings. The Morgan fingerprint density at radius 3 is 2.64 bits per heavy atom. The van der Waals surface area contributed by atoms with Crippen LogP contribution in [-0.4, -0.2) is 11.8 Å². The van der Waals surface area contributed by atoms with Crippen LogP contribution in [0.4, 0.5) is 4.39 Å². The zero-order chi connectivity index (χ0) is 10.6. The molecule has 1 rings (SSSR count). The lowest BCUT2D eigenvalue weighted by atomic mass is 10.1. The van der Waals surface area contributed by atoms with Gasteiger partial charge in [0.2, 0.25) is 0 Å². The summed E-state index contributed by atoms with van der Waals surface area (Å²) in [6.07, 6.45) is 0. The van der Waals surface area contributed by atoms with Gasteiger partial charge < -0.3 is 5.73 Å². The van der Waals surface area contributed by atoms with Crippen molar-refractivity contribution in [3.63, 3.8) is 0 Å². The average molecular weight is 213 g/mol. The fourth-order valence-electron chi connectivity index (χ4n) is 1.31. The molecule has 0 aromatic heterocycles. The lowest BCUT2D eigenvalue weighted by Gasteiger charge is -2.17. The van der Waals surface area contributed by atoms with Gasteiger partial charge in [0.05, 0.1) is 0 Å². The van der Waals surface area contributed by atoms with Crippen molar-refractivity contribution >= 4 is 11.8 Å². The van der Waals surface area contributed by atoms with Crippen molar-refractivity contribution in [1.29, 1.82) is 0 Å². The SMILES string of the molecule is CC(C)SC(CN)c1cccc(F)c1. The molecular formula is C11H16FNS. The van der Waals surface area contributed by atoms with E-state index in [0.717, 1.165) is 5.56 Å². The Balaban J connectivity index is 2.78. The summed E-state index contributed by atoms with van der Waals surface area (Å²) in [7, 11) is 0. The zero-order valence-electron chi connectivity index (χ0n) is 8.53. The Hall–Kier alpha value is -0.540. The quantitative estimate of drug-likeness (QED) is 0.832. The third-order valence-electron chi connectivity index (χ3n) is 1.87. The molecule has 0 amide bonds. The van der Waals surface area contributed by atoms with E-state index >= 15 is 0 Å². The van der Waals surface area contributed by atoms with Crippen molar-refractivity contribution in [2.75, 3.05) is 6.54 Å². The summed E-state index contributed by atoms with van der Waals surface area (Å²) in [6, 6.07) is 6.67. The van der Waals surface area contributed by atoms with Crippen molar-refractivity contribution in [2.24, 2.45) is 5.73 Å². The molecular weight excluding hydrogens is 197 g/mol. The summed E-state index contributed by atoms with van der Waals surface area (Å²) in [4.78, 5) is 0. The fourth-order valence-corrected chi connectivity index (χ4v) is 2.38. The van der Waals surface area contributed by atoms with Gasteiger partial charge in [-0.3, -0.25) is 0 Å². The second kappa shape index (κ2) is 5.37. The molecule has 1 nitrogen and oxygen atoms in total. The van der Waals surface area contributed by atoms with Crippen molar-refractivity contribution < 1.29 is 4.39 Å². The van der Waals surface area contributed by atoms with Crippen LogP contribution < -0.4 is 5.73 Å². The highest BCUT2D eigenvalue weighted by Crippen LogP contribution is 2.31. The van der Waals surface area contributed by atoms with Crippen molar-refractivity contribution in [1.82, 2.24) is 0 Å². The van der Waals surface area contributed by atoms with E-state index in [1.165, 1.54) is 6.07 Å². The minimum Gasteiger partial charge on any atom is -0.329 e. The molecule has 0 fully saturated rings. The monoisotopic (exact) mass is 213 g/mol. The summed E-state index contributed by atoms with van der Waals surface area (Å²) >= 11 is 1.77. The maximum absolute atomic E-state index is 13.0. The van der Waals surface area contributed by atoms with Gasteiger partial charge in [-0.1, -0.05) is 26.0 Å². The first kappa shape index (κ1) is 11.5. The number of hydrogen-bond donors (Lipinski definition) is 1. The van der Waals surface area contributed by atoms with Gasteiger partial charge in [0.15, 0.2) is 0 Å². The van der Waals surface area contributed by atoms with Gasteiger partial charge in [-0.25, -0.2) is 4.39 Å². The Labute approximate surface area is 88.9 Å². The van der Waals surface area contributed by atoms with E-state index in [1.54, 1.807) is 23.9 Å². The molecule has 1 unspecified atom stereocenters. The summed E-state index contributed by atoms with van der Waals surface area (Å²) in [5.74, 6) is -0.190. The third kappa shape index (κ3) is 3.31. The van der Waals surface area contributed by atoms with Crippen LogP contribution in [0.2, 0.25) is 0 Å². The van der Waals surface area contributed by atoms with E-state index < -0.39 is 0 Å². The van der Waals surface area contributed by atoms with Crippen LogP contribution in [0.1, 0.15) is 24.7 Å². The zero-order valence-corrected chi connectivity index (χ0v) is 9.35. The standard InChI is InChI=1S/C11H16FNS/c1-8(2)14-11(7-13)9-4-3-5-10(12)6-9/h3-6,8,11H,7,13H2,1-2H3. The Morgan fingerprint density at radius 2 is 2.14 bits per heavy atom. The van der Waals surface area contributed by atoms with Crippen molar-refractivity contribution in [3.05, 3.63) is 35.6 Å². The highest BCUT2D eigenvalue weighted by molar-refractivity contribution is 8.00. The van der Waals surface area contributed by atoms with E-state index in [4.69, 9.17) is 5.73 Å².